The molecule has 48 heavy (non-hydrogen) atoms. The van der Waals surface area contributed by atoms with Crippen molar-refractivity contribution in [1.82, 2.24) is 34.1 Å². The van der Waals surface area contributed by atoms with Crippen molar-refractivity contribution >= 4 is 41.1 Å². The molecule has 1 fully saturated rings. The Kier molecular flexibility index (Phi) is 9.69. The maximum Gasteiger partial charge on any atom is 0.435 e. The number of carbonyl (C=O) groups excluding carboxylic acids is 4. The lowest BCUT2D eigenvalue weighted by molar-refractivity contribution is -0.141. The summed E-state index contributed by atoms with van der Waals surface area (Å²) in [6.07, 6.45) is -1.43. The quantitative estimate of drug-likeness (QED) is 0.284. The highest BCUT2D eigenvalue weighted by Gasteiger charge is 2.39. The van der Waals surface area contributed by atoms with E-state index in [0.717, 1.165) is 10.9 Å². The minimum Gasteiger partial charge on any atom is -0.437 e. The van der Waals surface area contributed by atoms with Crippen LogP contribution in [-0.2, 0) is 29.3 Å². The number of aromatic nitrogens is 5. The first-order valence-electron chi connectivity index (χ1n) is 14.4. The van der Waals surface area contributed by atoms with E-state index in [-0.39, 0.29) is 66.1 Å². The molecule has 0 bridgehead atoms. The SMILES string of the molecule is C[C@H](OC(N)=O)C(=O)N1CCN(C(=O)c2ccc(NC(=O)c3ncc(-c4cn(Cc5cccnc5)nc4C(F)(F)F)n3C)cc2Cl)CC1. The molecule has 3 aromatic heterocycles. The van der Waals surface area contributed by atoms with Gasteiger partial charge in [-0.1, -0.05) is 17.7 Å². The number of rotatable bonds is 8. The summed E-state index contributed by atoms with van der Waals surface area (Å²) < 4.78 is 49.0. The fraction of sp³-hybridized carbons (Fsp3) is 0.300. The highest BCUT2D eigenvalue weighted by molar-refractivity contribution is 6.34. The van der Waals surface area contributed by atoms with Gasteiger partial charge in [0.1, 0.15) is 0 Å². The van der Waals surface area contributed by atoms with Gasteiger partial charge in [0.25, 0.3) is 17.7 Å². The predicted octanol–water partition coefficient (Wildman–Crippen LogP) is 3.42. The second kappa shape index (κ2) is 13.7. The molecule has 14 nitrogen and oxygen atoms in total. The molecule has 1 atom stereocenters. The number of alkyl halides is 3. The lowest BCUT2D eigenvalue weighted by Gasteiger charge is -2.35. The molecule has 0 spiro atoms. The van der Waals surface area contributed by atoms with E-state index < -0.39 is 41.8 Å². The largest absolute Gasteiger partial charge is 0.437 e. The fourth-order valence-corrected chi connectivity index (χ4v) is 5.45. The standard InChI is InChI=1S/C30H29ClF3N9O5/c1-17(48-29(35)47)27(45)41-8-10-42(11-9-41)28(46)20-6-5-19(12-22(20)31)38-26(44)25-37-14-23(40(25)2)21-16-43(39-24(21)30(32,33)34)15-18-4-3-7-36-13-18/h3-7,12-14,16-17H,8-11,15H2,1-2H3,(H2,35,47)(H,38,44)/t17-/m0/s1. The van der Waals surface area contributed by atoms with E-state index in [1.54, 1.807) is 18.3 Å². The summed E-state index contributed by atoms with van der Waals surface area (Å²) in [7, 11) is 1.41. The summed E-state index contributed by atoms with van der Waals surface area (Å²) in [6.45, 7) is 2.24. The van der Waals surface area contributed by atoms with Gasteiger partial charge in [0.15, 0.2) is 17.6 Å². The van der Waals surface area contributed by atoms with Crippen LogP contribution in [0, 0.1) is 0 Å². The van der Waals surface area contributed by atoms with Crippen molar-refractivity contribution in [2.24, 2.45) is 12.8 Å². The van der Waals surface area contributed by atoms with Crippen molar-refractivity contribution in [3.8, 4) is 11.3 Å². The zero-order valence-electron chi connectivity index (χ0n) is 25.6. The number of anilines is 1. The summed E-state index contributed by atoms with van der Waals surface area (Å²) in [6, 6.07) is 7.62. The molecule has 18 heteroatoms. The lowest BCUT2D eigenvalue weighted by Crippen LogP contribution is -2.53. The molecule has 1 aliphatic heterocycles. The smallest absolute Gasteiger partial charge is 0.435 e. The molecule has 4 heterocycles. The number of hydrogen-bond acceptors (Lipinski definition) is 8. The molecule has 0 radical (unpaired) electrons. The molecule has 0 unspecified atom stereocenters. The molecule has 3 N–H and O–H groups in total. The average molecular weight is 688 g/mol. The number of piperazine rings is 1. The average Bonchev–Trinajstić information content (AvgIpc) is 3.64. The molecule has 5 rings (SSSR count). The van der Waals surface area contributed by atoms with Crippen LogP contribution in [0.25, 0.3) is 11.3 Å². The molecule has 1 aromatic carbocycles. The van der Waals surface area contributed by atoms with Crippen LogP contribution in [0.15, 0.2) is 55.1 Å². The molecular formula is C30H29ClF3N9O5. The molecule has 4 aromatic rings. The Hall–Kier alpha value is -5.45. The molecule has 1 saturated heterocycles. The van der Waals surface area contributed by atoms with Crippen molar-refractivity contribution in [3.63, 3.8) is 0 Å². The Bertz CT molecular complexity index is 1850. The summed E-state index contributed by atoms with van der Waals surface area (Å²) in [5.74, 6) is -1.75. The highest BCUT2D eigenvalue weighted by Crippen LogP contribution is 2.36. The first kappa shape index (κ1) is 33.9. The number of carbonyl (C=O) groups is 4. The predicted molar refractivity (Wildman–Crippen MR) is 165 cm³/mol. The third kappa shape index (κ3) is 7.41. The van der Waals surface area contributed by atoms with Crippen LogP contribution in [0.3, 0.4) is 0 Å². The van der Waals surface area contributed by atoms with Gasteiger partial charge in [0.05, 0.1) is 34.6 Å². The van der Waals surface area contributed by atoms with Gasteiger partial charge >= 0.3 is 12.3 Å². The van der Waals surface area contributed by atoms with E-state index in [1.807, 2.05) is 0 Å². The molecule has 0 aliphatic carbocycles. The minimum absolute atomic E-state index is 0.0144. The summed E-state index contributed by atoms with van der Waals surface area (Å²) >= 11 is 6.41. The molecule has 1 aliphatic rings. The third-order valence-electron chi connectivity index (χ3n) is 7.54. The van der Waals surface area contributed by atoms with E-state index in [1.165, 1.54) is 58.9 Å². The van der Waals surface area contributed by atoms with Crippen LogP contribution in [0.4, 0.5) is 23.7 Å². The first-order chi connectivity index (χ1) is 22.7. The van der Waals surface area contributed by atoms with E-state index in [9.17, 15) is 32.3 Å². The maximum atomic E-state index is 14.0. The van der Waals surface area contributed by atoms with Crippen LogP contribution < -0.4 is 11.1 Å². The summed E-state index contributed by atoms with van der Waals surface area (Å²) in [4.78, 5) is 60.7. The highest BCUT2D eigenvalue weighted by atomic mass is 35.5. The van der Waals surface area contributed by atoms with Gasteiger partial charge in [-0.3, -0.25) is 24.0 Å². The van der Waals surface area contributed by atoms with Gasteiger partial charge in [-0.25, -0.2) is 9.78 Å². The zero-order chi connectivity index (χ0) is 34.7. The Balaban J connectivity index is 1.26. The van der Waals surface area contributed by atoms with Crippen LogP contribution in [0.1, 0.15) is 39.2 Å². The van der Waals surface area contributed by atoms with Crippen LogP contribution in [0.2, 0.25) is 5.02 Å². The molecular weight excluding hydrogens is 659 g/mol. The normalized spacial score (nSPS) is 14.0. The number of halogens is 4. The number of ether oxygens (including phenoxy) is 1. The van der Waals surface area contributed by atoms with Crippen molar-refractivity contribution < 1.29 is 37.1 Å². The second-order valence-electron chi connectivity index (χ2n) is 10.8. The lowest BCUT2D eigenvalue weighted by atomic mass is 10.1. The Morgan fingerprint density at radius 3 is 2.42 bits per heavy atom. The van der Waals surface area contributed by atoms with Gasteiger partial charge in [0, 0.05) is 57.5 Å². The zero-order valence-corrected chi connectivity index (χ0v) is 26.3. The fourth-order valence-electron chi connectivity index (χ4n) is 5.18. The van der Waals surface area contributed by atoms with Gasteiger partial charge in [-0.15, -0.1) is 0 Å². The number of pyridine rings is 1. The number of nitrogens with two attached hydrogens (primary N) is 1. The van der Waals surface area contributed by atoms with Gasteiger partial charge < -0.3 is 30.2 Å². The Labute approximate surface area is 276 Å². The van der Waals surface area contributed by atoms with E-state index in [0.29, 0.717) is 5.56 Å². The van der Waals surface area contributed by atoms with E-state index >= 15 is 0 Å². The Morgan fingerprint density at radius 1 is 1.08 bits per heavy atom. The maximum absolute atomic E-state index is 14.0. The van der Waals surface area contributed by atoms with E-state index in [2.05, 4.69) is 20.4 Å². The minimum atomic E-state index is -4.78. The number of hydrogen-bond donors (Lipinski definition) is 2. The van der Waals surface area contributed by atoms with Crippen molar-refractivity contribution in [2.75, 3.05) is 31.5 Å². The Morgan fingerprint density at radius 2 is 1.79 bits per heavy atom. The monoisotopic (exact) mass is 687 g/mol. The van der Waals surface area contributed by atoms with E-state index in [4.69, 9.17) is 22.1 Å². The third-order valence-corrected chi connectivity index (χ3v) is 7.85. The molecule has 0 saturated carbocycles. The number of nitrogens with one attached hydrogen (secondary N) is 1. The van der Waals surface area contributed by atoms with Crippen LogP contribution in [-0.4, -0.2) is 90.2 Å². The molecule has 252 valence electrons. The number of nitrogens with zero attached hydrogens (tertiary/aromatic N) is 7. The number of primary amides is 1. The van der Waals surface area contributed by atoms with Gasteiger partial charge in [-0.05, 0) is 36.8 Å². The van der Waals surface area contributed by atoms with Crippen molar-refractivity contribution in [2.45, 2.75) is 25.7 Å². The van der Waals surface area contributed by atoms with Gasteiger partial charge in [-0.2, -0.15) is 18.3 Å². The van der Waals surface area contributed by atoms with Crippen LogP contribution >= 0.6 is 11.6 Å². The number of amides is 4. The first-order valence-corrected chi connectivity index (χ1v) is 14.8. The van der Waals surface area contributed by atoms with Crippen molar-refractivity contribution in [1.29, 1.82) is 0 Å². The van der Waals surface area contributed by atoms with Gasteiger partial charge in [0.2, 0.25) is 0 Å². The summed E-state index contributed by atoms with van der Waals surface area (Å²) in [5, 5.41) is 6.39. The number of benzene rings is 1. The number of imidazole rings is 1. The molecule has 4 amide bonds. The van der Waals surface area contributed by atoms with Crippen LogP contribution in [0.5, 0.6) is 0 Å². The second-order valence-corrected chi connectivity index (χ2v) is 11.2. The topological polar surface area (TPSA) is 171 Å². The summed E-state index contributed by atoms with van der Waals surface area (Å²) in [5.41, 5.74) is 4.61. The van der Waals surface area contributed by atoms with Crippen molar-refractivity contribution in [3.05, 3.63) is 82.8 Å².